The molecule has 1 amide bonds. The number of amides is 1. The highest BCUT2D eigenvalue weighted by Crippen LogP contribution is 2.33. The summed E-state index contributed by atoms with van der Waals surface area (Å²) in [5, 5.41) is 3.37. The summed E-state index contributed by atoms with van der Waals surface area (Å²) in [6.07, 6.45) is 4.80. The van der Waals surface area contributed by atoms with Crippen molar-refractivity contribution in [2.45, 2.75) is 38.1 Å². The maximum absolute atomic E-state index is 11.5. The first-order chi connectivity index (χ1) is 6.25. The minimum atomic E-state index is 0.185. The number of rotatable bonds is 0. The molecule has 0 aromatic rings. The van der Waals surface area contributed by atoms with Crippen LogP contribution in [0.3, 0.4) is 0 Å². The summed E-state index contributed by atoms with van der Waals surface area (Å²) in [5.74, 6) is 0.253. The molecule has 2 saturated heterocycles. The smallest absolute Gasteiger partial charge is 0.219 e. The molecule has 2 fully saturated rings. The van der Waals surface area contributed by atoms with E-state index in [2.05, 4.69) is 10.2 Å². The number of carbonyl (C=O) groups excluding carboxylic acids is 1. The zero-order valence-corrected chi connectivity index (χ0v) is 8.31. The summed E-state index contributed by atoms with van der Waals surface area (Å²) in [5.41, 5.74) is 0.185. The molecule has 0 aromatic carbocycles. The SMILES string of the molecule is CC(=O)N1CCCCC12CCNC2. The largest absolute Gasteiger partial charge is 0.336 e. The lowest BCUT2D eigenvalue weighted by molar-refractivity contribution is -0.136. The van der Waals surface area contributed by atoms with Gasteiger partial charge in [0.1, 0.15) is 0 Å². The molecule has 0 aliphatic carbocycles. The zero-order valence-electron chi connectivity index (χ0n) is 8.31. The van der Waals surface area contributed by atoms with E-state index in [4.69, 9.17) is 0 Å². The summed E-state index contributed by atoms with van der Waals surface area (Å²) in [7, 11) is 0. The van der Waals surface area contributed by atoms with Gasteiger partial charge in [0.2, 0.25) is 5.91 Å². The number of hydrogen-bond acceptors (Lipinski definition) is 2. The summed E-state index contributed by atoms with van der Waals surface area (Å²) in [6.45, 7) is 4.75. The third-order valence-corrected chi connectivity index (χ3v) is 3.45. The van der Waals surface area contributed by atoms with Crippen LogP contribution >= 0.6 is 0 Å². The van der Waals surface area contributed by atoms with Crippen molar-refractivity contribution in [3.8, 4) is 0 Å². The fourth-order valence-corrected chi connectivity index (χ4v) is 2.76. The van der Waals surface area contributed by atoms with Crippen molar-refractivity contribution in [3.05, 3.63) is 0 Å². The van der Waals surface area contributed by atoms with Crippen molar-refractivity contribution in [2.24, 2.45) is 0 Å². The molecular weight excluding hydrogens is 164 g/mol. The minimum Gasteiger partial charge on any atom is -0.336 e. The molecular formula is C10H18N2O. The molecule has 3 heteroatoms. The first-order valence-corrected chi connectivity index (χ1v) is 5.24. The van der Waals surface area contributed by atoms with Crippen LogP contribution in [0.15, 0.2) is 0 Å². The Morgan fingerprint density at radius 3 is 2.85 bits per heavy atom. The molecule has 0 bridgehead atoms. The summed E-state index contributed by atoms with van der Waals surface area (Å²) >= 11 is 0. The van der Waals surface area contributed by atoms with Gasteiger partial charge in [0.05, 0.1) is 5.54 Å². The fraction of sp³-hybridized carbons (Fsp3) is 0.900. The van der Waals surface area contributed by atoms with Crippen LogP contribution in [0.5, 0.6) is 0 Å². The topological polar surface area (TPSA) is 32.3 Å². The van der Waals surface area contributed by atoms with E-state index in [0.29, 0.717) is 0 Å². The Bertz CT molecular complexity index is 209. The molecule has 2 aliphatic heterocycles. The van der Waals surface area contributed by atoms with Crippen LogP contribution in [-0.2, 0) is 4.79 Å². The molecule has 0 saturated carbocycles. The fourth-order valence-electron chi connectivity index (χ4n) is 2.76. The average Bonchev–Trinajstić information content (AvgIpc) is 2.54. The molecule has 1 spiro atoms. The zero-order chi connectivity index (χ0) is 9.31. The Morgan fingerprint density at radius 1 is 1.38 bits per heavy atom. The molecule has 74 valence electrons. The van der Waals surface area contributed by atoms with E-state index in [0.717, 1.165) is 26.1 Å². The molecule has 0 radical (unpaired) electrons. The van der Waals surface area contributed by atoms with E-state index in [9.17, 15) is 4.79 Å². The molecule has 1 unspecified atom stereocenters. The quantitative estimate of drug-likeness (QED) is 0.599. The lowest BCUT2D eigenvalue weighted by atomic mass is 9.86. The maximum Gasteiger partial charge on any atom is 0.219 e. The van der Waals surface area contributed by atoms with Crippen molar-refractivity contribution in [3.63, 3.8) is 0 Å². The van der Waals surface area contributed by atoms with Gasteiger partial charge < -0.3 is 10.2 Å². The number of hydrogen-bond donors (Lipinski definition) is 1. The second-order valence-corrected chi connectivity index (χ2v) is 4.28. The van der Waals surface area contributed by atoms with Crippen molar-refractivity contribution >= 4 is 5.91 Å². The van der Waals surface area contributed by atoms with E-state index >= 15 is 0 Å². The van der Waals surface area contributed by atoms with Crippen molar-refractivity contribution in [1.82, 2.24) is 10.2 Å². The van der Waals surface area contributed by atoms with Gasteiger partial charge in [0, 0.05) is 20.0 Å². The normalized spacial score (nSPS) is 34.1. The highest BCUT2D eigenvalue weighted by Gasteiger charge is 2.42. The van der Waals surface area contributed by atoms with Gasteiger partial charge in [0.15, 0.2) is 0 Å². The highest BCUT2D eigenvalue weighted by molar-refractivity contribution is 5.74. The first-order valence-electron chi connectivity index (χ1n) is 5.24. The molecule has 3 nitrogen and oxygen atoms in total. The van der Waals surface area contributed by atoms with Gasteiger partial charge in [-0.1, -0.05) is 0 Å². The van der Waals surface area contributed by atoms with Crippen LogP contribution in [0.2, 0.25) is 0 Å². The standard InChI is InChI=1S/C10H18N2O/c1-9(13)12-7-3-2-4-10(12)5-6-11-8-10/h11H,2-8H2,1H3. The van der Waals surface area contributed by atoms with Crippen molar-refractivity contribution in [1.29, 1.82) is 0 Å². The summed E-state index contributed by atoms with van der Waals surface area (Å²) < 4.78 is 0. The molecule has 2 rings (SSSR count). The predicted molar refractivity (Wildman–Crippen MR) is 51.5 cm³/mol. The van der Waals surface area contributed by atoms with Crippen LogP contribution < -0.4 is 5.32 Å². The van der Waals surface area contributed by atoms with Crippen molar-refractivity contribution in [2.75, 3.05) is 19.6 Å². The third kappa shape index (κ3) is 1.46. The van der Waals surface area contributed by atoms with Crippen molar-refractivity contribution < 1.29 is 4.79 Å². The molecule has 1 N–H and O–H groups in total. The van der Waals surface area contributed by atoms with Crippen LogP contribution in [0.1, 0.15) is 32.6 Å². The number of carbonyl (C=O) groups is 1. The second kappa shape index (κ2) is 3.29. The van der Waals surface area contributed by atoms with E-state index in [1.807, 2.05) is 0 Å². The number of nitrogens with one attached hydrogen (secondary N) is 1. The number of likely N-dealkylation sites (tertiary alicyclic amines) is 1. The molecule has 13 heavy (non-hydrogen) atoms. The Morgan fingerprint density at radius 2 is 2.23 bits per heavy atom. The van der Waals surface area contributed by atoms with Crippen LogP contribution in [0.25, 0.3) is 0 Å². The lowest BCUT2D eigenvalue weighted by Gasteiger charge is -2.44. The average molecular weight is 182 g/mol. The van der Waals surface area contributed by atoms with Crippen LogP contribution in [0.4, 0.5) is 0 Å². The molecule has 1 atom stereocenters. The number of nitrogens with zero attached hydrogens (tertiary/aromatic N) is 1. The number of piperidine rings is 1. The third-order valence-electron chi connectivity index (χ3n) is 3.45. The van der Waals surface area contributed by atoms with E-state index in [-0.39, 0.29) is 11.4 Å². The Kier molecular flexibility index (Phi) is 2.28. The van der Waals surface area contributed by atoms with Gasteiger partial charge in [-0.25, -0.2) is 0 Å². The van der Waals surface area contributed by atoms with E-state index in [1.165, 1.54) is 19.3 Å². The Hall–Kier alpha value is -0.570. The lowest BCUT2D eigenvalue weighted by Crippen LogP contribution is -2.55. The van der Waals surface area contributed by atoms with Gasteiger partial charge >= 0.3 is 0 Å². The first kappa shape index (κ1) is 9.00. The van der Waals surface area contributed by atoms with Crippen LogP contribution in [-0.4, -0.2) is 36.0 Å². The van der Waals surface area contributed by atoms with E-state index < -0.39 is 0 Å². The summed E-state index contributed by atoms with van der Waals surface area (Å²) in [4.78, 5) is 13.6. The maximum atomic E-state index is 11.5. The van der Waals surface area contributed by atoms with Gasteiger partial charge in [-0.15, -0.1) is 0 Å². The summed E-state index contributed by atoms with van der Waals surface area (Å²) in [6, 6.07) is 0. The minimum absolute atomic E-state index is 0.185. The van der Waals surface area contributed by atoms with Gasteiger partial charge in [-0.3, -0.25) is 4.79 Å². The molecule has 0 aromatic heterocycles. The highest BCUT2D eigenvalue weighted by atomic mass is 16.2. The van der Waals surface area contributed by atoms with E-state index in [1.54, 1.807) is 6.92 Å². The van der Waals surface area contributed by atoms with Gasteiger partial charge in [-0.05, 0) is 32.2 Å². The Labute approximate surface area is 79.5 Å². The second-order valence-electron chi connectivity index (χ2n) is 4.28. The molecule has 2 heterocycles. The van der Waals surface area contributed by atoms with Gasteiger partial charge in [-0.2, -0.15) is 0 Å². The monoisotopic (exact) mass is 182 g/mol. The van der Waals surface area contributed by atoms with Gasteiger partial charge in [0.25, 0.3) is 0 Å². The predicted octanol–water partition coefficient (Wildman–Crippen LogP) is 0.751. The Balaban J connectivity index is 2.16. The molecule has 2 aliphatic rings. The van der Waals surface area contributed by atoms with Crippen LogP contribution in [0, 0.1) is 0 Å².